The Morgan fingerprint density at radius 1 is 1.50 bits per heavy atom. The minimum absolute atomic E-state index is 0. The van der Waals surface area contributed by atoms with Crippen LogP contribution in [0, 0.1) is 0 Å². The quantitative estimate of drug-likeness (QED) is 0.768. The van der Waals surface area contributed by atoms with Crippen molar-refractivity contribution in [1.82, 2.24) is 10.6 Å². The van der Waals surface area contributed by atoms with Crippen molar-refractivity contribution in [3.8, 4) is 0 Å². The second-order valence-electron chi connectivity index (χ2n) is 4.72. The number of amides is 1. The summed E-state index contributed by atoms with van der Waals surface area (Å²) in [6.45, 7) is 4.00. The largest absolute Gasteiger partial charge is 0.389 e. The monoisotopic (exact) mass is 300 g/mol. The molecule has 20 heavy (non-hydrogen) atoms. The molecule has 6 heteroatoms. The molecule has 1 aromatic rings. The fraction of sp³-hybridized carbons (Fsp3) is 0.500. The van der Waals surface area contributed by atoms with Crippen LogP contribution in [0.2, 0.25) is 0 Å². The molecule has 1 fully saturated rings. The Balaban J connectivity index is 0.00000200. The van der Waals surface area contributed by atoms with Crippen molar-refractivity contribution in [2.24, 2.45) is 0 Å². The standard InChI is InChI=1S/C14H20N2O3.ClH/c1-10(17)12-4-2-11(3-5-12)8-16-14(18)13-9-19-7-6-15-13;/h2-5,10,13,15,17H,6-9H2,1H3,(H,16,18);1H. The van der Waals surface area contributed by atoms with E-state index < -0.39 is 6.10 Å². The first kappa shape index (κ1) is 16.9. The number of hydrogen-bond donors (Lipinski definition) is 3. The zero-order valence-electron chi connectivity index (χ0n) is 11.5. The van der Waals surface area contributed by atoms with Crippen LogP contribution in [0.3, 0.4) is 0 Å². The molecule has 1 aromatic carbocycles. The Hall–Kier alpha value is -1.14. The first-order chi connectivity index (χ1) is 9.16. The van der Waals surface area contributed by atoms with Crippen LogP contribution in [0.1, 0.15) is 24.2 Å². The van der Waals surface area contributed by atoms with Crippen LogP contribution in [0.15, 0.2) is 24.3 Å². The predicted molar refractivity (Wildman–Crippen MR) is 78.8 cm³/mol. The number of nitrogens with one attached hydrogen (secondary N) is 2. The molecule has 2 atom stereocenters. The number of benzene rings is 1. The third kappa shape index (κ3) is 4.76. The Morgan fingerprint density at radius 3 is 2.75 bits per heavy atom. The second kappa shape index (κ2) is 8.21. The fourth-order valence-corrected chi connectivity index (χ4v) is 1.96. The average molecular weight is 301 g/mol. The number of aliphatic hydroxyl groups is 1. The van der Waals surface area contributed by atoms with E-state index in [4.69, 9.17) is 4.74 Å². The Kier molecular flexibility index (Phi) is 6.95. The molecule has 1 amide bonds. The van der Waals surface area contributed by atoms with Gasteiger partial charge in [-0.1, -0.05) is 24.3 Å². The van der Waals surface area contributed by atoms with Gasteiger partial charge in [-0.15, -0.1) is 12.4 Å². The van der Waals surface area contributed by atoms with E-state index in [9.17, 15) is 9.90 Å². The summed E-state index contributed by atoms with van der Waals surface area (Å²) in [5.41, 5.74) is 1.88. The zero-order chi connectivity index (χ0) is 13.7. The number of carbonyl (C=O) groups is 1. The van der Waals surface area contributed by atoms with Crippen LogP contribution in [-0.2, 0) is 16.1 Å². The van der Waals surface area contributed by atoms with E-state index in [1.807, 2.05) is 24.3 Å². The smallest absolute Gasteiger partial charge is 0.239 e. The lowest BCUT2D eigenvalue weighted by molar-refractivity contribution is -0.126. The van der Waals surface area contributed by atoms with Crippen molar-refractivity contribution in [3.63, 3.8) is 0 Å². The lowest BCUT2D eigenvalue weighted by Gasteiger charge is -2.22. The van der Waals surface area contributed by atoms with Crippen LogP contribution in [0.25, 0.3) is 0 Å². The van der Waals surface area contributed by atoms with Crippen LogP contribution < -0.4 is 10.6 Å². The summed E-state index contributed by atoms with van der Waals surface area (Å²) in [5.74, 6) is -0.0423. The van der Waals surface area contributed by atoms with Crippen LogP contribution in [0.5, 0.6) is 0 Å². The van der Waals surface area contributed by atoms with Gasteiger partial charge in [0.25, 0.3) is 0 Å². The van der Waals surface area contributed by atoms with E-state index in [2.05, 4.69) is 10.6 Å². The van der Waals surface area contributed by atoms with Gasteiger partial charge in [0, 0.05) is 13.1 Å². The van der Waals surface area contributed by atoms with Gasteiger partial charge in [-0.05, 0) is 18.1 Å². The normalized spacial score (nSPS) is 19.8. The highest BCUT2D eigenvalue weighted by Crippen LogP contribution is 2.12. The molecule has 0 saturated carbocycles. The maximum atomic E-state index is 11.9. The van der Waals surface area contributed by atoms with Gasteiger partial charge >= 0.3 is 0 Å². The van der Waals surface area contributed by atoms with E-state index in [0.717, 1.165) is 11.1 Å². The van der Waals surface area contributed by atoms with E-state index in [-0.39, 0.29) is 24.4 Å². The van der Waals surface area contributed by atoms with Crippen LogP contribution in [0.4, 0.5) is 0 Å². The van der Waals surface area contributed by atoms with Gasteiger partial charge in [-0.2, -0.15) is 0 Å². The fourth-order valence-electron chi connectivity index (χ4n) is 1.96. The second-order valence-corrected chi connectivity index (χ2v) is 4.72. The van der Waals surface area contributed by atoms with Crippen molar-refractivity contribution in [2.75, 3.05) is 19.8 Å². The molecular formula is C14H21ClN2O3. The lowest BCUT2D eigenvalue weighted by atomic mass is 10.1. The summed E-state index contributed by atoms with van der Waals surface area (Å²) in [6, 6.07) is 7.30. The number of hydrogen-bond acceptors (Lipinski definition) is 4. The molecule has 5 nitrogen and oxygen atoms in total. The van der Waals surface area contributed by atoms with Gasteiger partial charge in [-0.25, -0.2) is 0 Å². The minimum atomic E-state index is -0.466. The summed E-state index contributed by atoms with van der Waals surface area (Å²) in [6.07, 6.45) is -0.466. The SMILES string of the molecule is CC(O)c1ccc(CNC(=O)C2COCCN2)cc1.Cl. The van der Waals surface area contributed by atoms with E-state index in [1.54, 1.807) is 6.92 Å². The van der Waals surface area contributed by atoms with Gasteiger partial charge in [0.1, 0.15) is 6.04 Å². The number of halogens is 1. The average Bonchev–Trinajstić information content (AvgIpc) is 2.46. The van der Waals surface area contributed by atoms with Gasteiger partial charge in [0.2, 0.25) is 5.91 Å². The van der Waals surface area contributed by atoms with Gasteiger partial charge < -0.3 is 20.5 Å². The summed E-state index contributed by atoms with van der Waals surface area (Å²) in [4.78, 5) is 11.9. The topological polar surface area (TPSA) is 70.6 Å². The molecule has 1 saturated heterocycles. The number of rotatable bonds is 4. The third-order valence-corrected chi connectivity index (χ3v) is 3.17. The number of aliphatic hydroxyl groups excluding tert-OH is 1. The van der Waals surface area contributed by atoms with E-state index in [0.29, 0.717) is 26.3 Å². The molecule has 3 N–H and O–H groups in total. The van der Waals surface area contributed by atoms with Crippen molar-refractivity contribution < 1.29 is 14.6 Å². The number of ether oxygens (including phenoxy) is 1. The van der Waals surface area contributed by atoms with Crippen LogP contribution >= 0.6 is 12.4 Å². The first-order valence-corrected chi connectivity index (χ1v) is 6.52. The Bertz CT molecular complexity index is 417. The summed E-state index contributed by atoms with van der Waals surface area (Å²) in [7, 11) is 0. The highest BCUT2D eigenvalue weighted by molar-refractivity contribution is 5.85. The summed E-state index contributed by atoms with van der Waals surface area (Å²) >= 11 is 0. The maximum absolute atomic E-state index is 11.9. The first-order valence-electron chi connectivity index (χ1n) is 6.52. The van der Waals surface area contributed by atoms with Gasteiger partial charge in [0.05, 0.1) is 19.3 Å². The molecule has 112 valence electrons. The third-order valence-electron chi connectivity index (χ3n) is 3.17. The van der Waals surface area contributed by atoms with E-state index >= 15 is 0 Å². The molecule has 2 rings (SSSR count). The molecule has 0 spiro atoms. The van der Waals surface area contributed by atoms with Crippen molar-refractivity contribution in [3.05, 3.63) is 35.4 Å². The molecule has 1 aliphatic heterocycles. The number of morpholine rings is 1. The van der Waals surface area contributed by atoms with Crippen LogP contribution in [-0.4, -0.2) is 36.8 Å². The highest BCUT2D eigenvalue weighted by atomic mass is 35.5. The molecule has 0 bridgehead atoms. The minimum Gasteiger partial charge on any atom is -0.389 e. The van der Waals surface area contributed by atoms with Crippen molar-refractivity contribution in [1.29, 1.82) is 0 Å². The molecular weight excluding hydrogens is 280 g/mol. The Morgan fingerprint density at radius 2 is 2.20 bits per heavy atom. The molecule has 0 aliphatic carbocycles. The number of carbonyl (C=O) groups excluding carboxylic acids is 1. The highest BCUT2D eigenvalue weighted by Gasteiger charge is 2.20. The van der Waals surface area contributed by atoms with Gasteiger partial charge in [0.15, 0.2) is 0 Å². The van der Waals surface area contributed by atoms with E-state index in [1.165, 1.54) is 0 Å². The maximum Gasteiger partial charge on any atom is 0.239 e. The van der Waals surface area contributed by atoms with Crippen molar-refractivity contribution in [2.45, 2.75) is 25.6 Å². The van der Waals surface area contributed by atoms with Gasteiger partial charge in [-0.3, -0.25) is 4.79 Å². The molecule has 2 unspecified atom stereocenters. The molecule has 0 radical (unpaired) electrons. The summed E-state index contributed by atoms with van der Waals surface area (Å²) in [5, 5.41) is 15.4. The van der Waals surface area contributed by atoms with Crippen molar-refractivity contribution >= 4 is 18.3 Å². The molecule has 1 heterocycles. The molecule has 1 aliphatic rings. The lowest BCUT2D eigenvalue weighted by Crippen LogP contribution is -2.51. The Labute approximate surface area is 125 Å². The summed E-state index contributed by atoms with van der Waals surface area (Å²) < 4.78 is 5.25. The predicted octanol–water partition coefficient (Wildman–Crippen LogP) is 0.766. The molecule has 0 aromatic heterocycles. The zero-order valence-corrected chi connectivity index (χ0v) is 12.3.